The molecule has 1 aliphatic carbocycles. The van der Waals surface area contributed by atoms with Crippen LogP contribution in [0.3, 0.4) is 0 Å². The van der Waals surface area contributed by atoms with Crippen molar-refractivity contribution < 1.29 is 9.53 Å². The number of nitrogens with zero attached hydrogens (tertiary/aromatic N) is 4. The second kappa shape index (κ2) is 6.38. The van der Waals surface area contributed by atoms with Gasteiger partial charge in [-0.25, -0.2) is 0 Å². The van der Waals surface area contributed by atoms with E-state index in [1.165, 1.54) is 0 Å². The number of likely N-dealkylation sites (tertiary alicyclic amines) is 1. The maximum atomic E-state index is 11.9. The van der Waals surface area contributed by atoms with Gasteiger partial charge in [0, 0.05) is 18.0 Å². The van der Waals surface area contributed by atoms with Crippen LogP contribution in [0.5, 0.6) is 11.5 Å². The fraction of sp³-hybridized carbons (Fsp3) is 0.227. The van der Waals surface area contributed by atoms with Crippen molar-refractivity contribution in [3.05, 3.63) is 66.4 Å². The summed E-state index contributed by atoms with van der Waals surface area (Å²) < 4.78 is 8.01. The molecule has 2 heterocycles. The van der Waals surface area contributed by atoms with Crippen LogP contribution in [0.4, 0.5) is 0 Å². The first kappa shape index (κ1) is 17.3. The minimum absolute atomic E-state index is 0.213. The summed E-state index contributed by atoms with van der Waals surface area (Å²) in [5, 5.41) is 13.9. The van der Waals surface area contributed by atoms with Gasteiger partial charge in [-0.2, -0.15) is 10.4 Å². The Morgan fingerprint density at radius 1 is 1.21 bits per heavy atom. The molecule has 1 saturated carbocycles. The molecule has 2 aliphatic rings. The van der Waals surface area contributed by atoms with Gasteiger partial charge in [0.2, 0.25) is 0 Å². The predicted octanol–water partition coefficient (Wildman–Crippen LogP) is 2.95. The van der Waals surface area contributed by atoms with Gasteiger partial charge in [0.15, 0.2) is 11.9 Å². The van der Waals surface area contributed by atoms with Crippen molar-refractivity contribution in [3.8, 4) is 28.9 Å². The average molecular weight is 385 g/mol. The van der Waals surface area contributed by atoms with Gasteiger partial charge in [0.05, 0.1) is 17.8 Å². The summed E-state index contributed by atoms with van der Waals surface area (Å²) in [7, 11) is 0. The lowest BCUT2D eigenvalue weighted by Gasteiger charge is -2.20. The Bertz CT molecular complexity index is 1130. The Morgan fingerprint density at radius 2 is 1.97 bits per heavy atom. The van der Waals surface area contributed by atoms with Crippen molar-refractivity contribution in [2.24, 2.45) is 11.7 Å². The van der Waals surface area contributed by atoms with Crippen LogP contribution in [0.2, 0.25) is 0 Å². The molecule has 144 valence electrons. The average Bonchev–Trinajstić information content (AvgIpc) is 3.10. The second-order valence-corrected chi connectivity index (χ2v) is 7.59. The van der Waals surface area contributed by atoms with Crippen LogP contribution in [0.25, 0.3) is 11.3 Å². The third kappa shape index (κ3) is 2.81. The molecule has 0 radical (unpaired) electrons. The van der Waals surface area contributed by atoms with E-state index in [0.717, 1.165) is 23.4 Å². The van der Waals surface area contributed by atoms with Crippen LogP contribution in [0.1, 0.15) is 16.9 Å². The summed E-state index contributed by atoms with van der Waals surface area (Å²) in [6.45, 7) is 1.30. The molecule has 1 amide bonds. The van der Waals surface area contributed by atoms with Crippen molar-refractivity contribution in [2.75, 3.05) is 13.1 Å². The molecule has 2 fully saturated rings. The molecule has 1 saturated heterocycles. The van der Waals surface area contributed by atoms with Crippen LogP contribution < -0.4 is 10.5 Å². The van der Waals surface area contributed by atoms with Crippen molar-refractivity contribution in [3.63, 3.8) is 0 Å². The first-order valence-electron chi connectivity index (χ1n) is 9.48. The number of hydrogen-bond donors (Lipinski definition) is 1. The number of amides is 1. The van der Waals surface area contributed by atoms with E-state index in [9.17, 15) is 10.1 Å². The third-order valence-electron chi connectivity index (χ3n) is 5.76. The number of fused-ring (bicyclic) bond motifs is 1. The SMILES string of the molecule is N#CN1C[C@H]2C[C@]2(n2nc(C(N)=O)cc2-c2ccccc2Oc2ccccc2)C1. The van der Waals surface area contributed by atoms with E-state index in [1.807, 2.05) is 59.3 Å². The number of nitrogens with two attached hydrogens (primary N) is 1. The number of nitriles is 1. The lowest BCUT2D eigenvalue weighted by atomic mass is 10.1. The third-order valence-corrected chi connectivity index (χ3v) is 5.76. The number of primary amides is 1. The van der Waals surface area contributed by atoms with Crippen molar-refractivity contribution >= 4 is 5.91 Å². The number of hydrogen-bond acceptors (Lipinski definition) is 5. The molecule has 2 N–H and O–H groups in total. The van der Waals surface area contributed by atoms with Gasteiger partial charge in [-0.3, -0.25) is 9.48 Å². The van der Waals surface area contributed by atoms with Gasteiger partial charge < -0.3 is 15.4 Å². The molecular formula is C22H19N5O2. The lowest BCUT2D eigenvalue weighted by molar-refractivity contribution is 0.0994. The summed E-state index contributed by atoms with van der Waals surface area (Å²) in [4.78, 5) is 13.6. The second-order valence-electron chi connectivity index (χ2n) is 7.59. The van der Waals surface area contributed by atoms with E-state index >= 15 is 0 Å². The molecule has 29 heavy (non-hydrogen) atoms. The number of para-hydroxylation sites is 2. The van der Waals surface area contributed by atoms with Gasteiger partial charge in [-0.05, 0) is 36.8 Å². The molecule has 7 nitrogen and oxygen atoms in total. The zero-order valence-electron chi connectivity index (χ0n) is 15.7. The summed E-state index contributed by atoms with van der Waals surface area (Å²) in [5.41, 5.74) is 7.07. The molecule has 5 rings (SSSR count). The Kier molecular flexibility index (Phi) is 3.81. The molecular weight excluding hydrogens is 366 g/mol. The molecule has 2 aromatic carbocycles. The summed E-state index contributed by atoms with van der Waals surface area (Å²) >= 11 is 0. The van der Waals surface area contributed by atoms with E-state index in [0.29, 0.717) is 24.8 Å². The smallest absolute Gasteiger partial charge is 0.269 e. The van der Waals surface area contributed by atoms with E-state index in [-0.39, 0.29) is 11.2 Å². The molecule has 7 heteroatoms. The molecule has 0 spiro atoms. The zero-order valence-corrected chi connectivity index (χ0v) is 15.7. The molecule has 2 atom stereocenters. The number of carbonyl (C=O) groups is 1. The van der Waals surface area contributed by atoms with Crippen molar-refractivity contribution in [1.29, 1.82) is 5.26 Å². The Labute approximate surface area is 167 Å². The minimum Gasteiger partial charge on any atom is -0.457 e. The van der Waals surface area contributed by atoms with Gasteiger partial charge in [-0.1, -0.05) is 30.3 Å². The van der Waals surface area contributed by atoms with Crippen LogP contribution in [0.15, 0.2) is 60.7 Å². The number of benzene rings is 2. The normalized spacial score (nSPS) is 22.0. The highest BCUT2D eigenvalue weighted by Crippen LogP contribution is 2.56. The van der Waals surface area contributed by atoms with Crippen molar-refractivity contribution in [2.45, 2.75) is 12.0 Å². The largest absolute Gasteiger partial charge is 0.457 e. The van der Waals surface area contributed by atoms with Crippen LogP contribution in [0, 0.1) is 17.4 Å². The lowest BCUT2D eigenvalue weighted by Crippen LogP contribution is -2.29. The highest BCUT2D eigenvalue weighted by atomic mass is 16.5. The fourth-order valence-electron chi connectivity index (χ4n) is 4.28. The minimum atomic E-state index is -0.574. The number of piperidine rings is 1. The Balaban J connectivity index is 1.61. The van der Waals surface area contributed by atoms with E-state index in [2.05, 4.69) is 11.3 Å². The number of carbonyl (C=O) groups excluding carboxylic acids is 1. The maximum Gasteiger partial charge on any atom is 0.269 e. The highest BCUT2D eigenvalue weighted by molar-refractivity contribution is 5.92. The summed E-state index contributed by atoms with van der Waals surface area (Å²) in [6.07, 6.45) is 3.16. The van der Waals surface area contributed by atoms with Gasteiger partial charge in [-0.15, -0.1) is 0 Å². The molecule has 1 aromatic heterocycles. The first-order valence-corrected chi connectivity index (χ1v) is 9.48. The quantitative estimate of drug-likeness (QED) is 0.681. The highest BCUT2D eigenvalue weighted by Gasteiger charge is 2.63. The van der Waals surface area contributed by atoms with E-state index in [4.69, 9.17) is 10.5 Å². The number of ether oxygens (including phenoxy) is 1. The molecule has 3 aromatic rings. The zero-order chi connectivity index (χ0) is 20.0. The van der Waals surface area contributed by atoms with E-state index in [1.54, 1.807) is 11.0 Å². The molecule has 1 aliphatic heterocycles. The van der Waals surface area contributed by atoms with Gasteiger partial charge in [0.25, 0.3) is 5.91 Å². The fourth-order valence-corrected chi connectivity index (χ4v) is 4.28. The summed E-state index contributed by atoms with van der Waals surface area (Å²) in [5.74, 6) is 1.15. The van der Waals surface area contributed by atoms with Crippen LogP contribution >= 0.6 is 0 Å². The Hall–Kier alpha value is -3.79. The van der Waals surface area contributed by atoms with Crippen LogP contribution in [-0.4, -0.2) is 33.7 Å². The number of aromatic nitrogens is 2. The topological polar surface area (TPSA) is 97.2 Å². The standard InChI is InChI=1S/C22H19N5O2/c23-14-26-12-15-11-22(15,13-26)27-19(10-18(25-27)21(24)28)17-8-4-5-9-20(17)29-16-6-2-1-3-7-16/h1-10,15H,11-13H2,(H2,24,28)/t15-,22+/m1/s1. The molecule has 0 unspecified atom stereocenters. The first-order chi connectivity index (χ1) is 14.1. The maximum absolute atomic E-state index is 11.9. The Morgan fingerprint density at radius 3 is 2.69 bits per heavy atom. The van der Waals surface area contributed by atoms with Crippen LogP contribution in [-0.2, 0) is 5.54 Å². The summed E-state index contributed by atoms with van der Waals surface area (Å²) in [6, 6.07) is 18.9. The van der Waals surface area contributed by atoms with Crippen molar-refractivity contribution in [1.82, 2.24) is 14.7 Å². The number of rotatable bonds is 5. The monoisotopic (exact) mass is 385 g/mol. The van der Waals surface area contributed by atoms with E-state index < -0.39 is 5.91 Å². The predicted molar refractivity (Wildman–Crippen MR) is 106 cm³/mol. The van der Waals surface area contributed by atoms with Gasteiger partial charge >= 0.3 is 0 Å². The van der Waals surface area contributed by atoms with Gasteiger partial charge in [0.1, 0.15) is 11.5 Å². The molecule has 0 bridgehead atoms.